The van der Waals surface area contributed by atoms with E-state index in [1.807, 2.05) is 0 Å². The Morgan fingerprint density at radius 2 is 2.22 bits per heavy atom. The molecule has 1 amide bonds. The van der Waals surface area contributed by atoms with Gasteiger partial charge in [-0.05, 0) is 34.1 Å². The maximum Gasteiger partial charge on any atom is 0.258 e. The number of nitrogens with two attached hydrogens (primary N) is 1. The lowest BCUT2D eigenvalue weighted by atomic mass is 10.2. The van der Waals surface area contributed by atoms with Crippen LogP contribution in [0.5, 0.6) is 0 Å². The van der Waals surface area contributed by atoms with Gasteiger partial charge in [0, 0.05) is 6.20 Å². The van der Waals surface area contributed by atoms with E-state index in [0.717, 1.165) is 0 Å². The molecule has 92 valence electrons. The van der Waals surface area contributed by atoms with Crippen LogP contribution < -0.4 is 11.1 Å². The third-order valence-electron chi connectivity index (χ3n) is 2.11. The molecule has 0 aliphatic rings. The van der Waals surface area contributed by atoms with E-state index in [2.05, 4.69) is 31.2 Å². The van der Waals surface area contributed by atoms with Gasteiger partial charge in [0.15, 0.2) is 0 Å². The lowest BCUT2D eigenvalue weighted by molar-refractivity contribution is 0.102. The Morgan fingerprint density at radius 1 is 1.44 bits per heavy atom. The fourth-order valence-electron chi connectivity index (χ4n) is 1.29. The Morgan fingerprint density at radius 3 is 2.94 bits per heavy atom. The summed E-state index contributed by atoms with van der Waals surface area (Å²) in [6.45, 7) is 0. The van der Waals surface area contributed by atoms with Crippen molar-refractivity contribution in [1.29, 1.82) is 0 Å². The number of nitrogens with zero attached hydrogens (tertiary/aromatic N) is 2. The highest BCUT2D eigenvalue weighted by atomic mass is 79.9. The minimum Gasteiger partial charge on any atom is -0.397 e. The molecule has 0 fully saturated rings. The molecule has 0 aliphatic carbocycles. The highest BCUT2D eigenvalue weighted by Crippen LogP contribution is 2.21. The first kappa shape index (κ1) is 12.8. The molecule has 0 saturated carbocycles. The van der Waals surface area contributed by atoms with E-state index in [1.165, 1.54) is 12.3 Å². The van der Waals surface area contributed by atoms with Crippen LogP contribution in [0.15, 0.2) is 35.2 Å². The van der Waals surface area contributed by atoms with Crippen molar-refractivity contribution in [3.63, 3.8) is 0 Å². The zero-order valence-corrected chi connectivity index (χ0v) is 11.4. The highest BCUT2D eigenvalue weighted by molar-refractivity contribution is 9.10. The number of hydrogen-bond acceptors (Lipinski definition) is 4. The Labute approximate surface area is 117 Å². The van der Waals surface area contributed by atoms with E-state index in [4.69, 9.17) is 17.3 Å². The fraction of sp³-hybridized carbons (Fsp3) is 0. The summed E-state index contributed by atoms with van der Waals surface area (Å²) in [5.41, 5.74) is 6.69. The average Bonchev–Trinajstić information content (AvgIpc) is 2.35. The summed E-state index contributed by atoms with van der Waals surface area (Å²) >= 11 is 9.07. The molecule has 18 heavy (non-hydrogen) atoms. The third kappa shape index (κ3) is 2.77. The van der Waals surface area contributed by atoms with Crippen molar-refractivity contribution in [2.45, 2.75) is 0 Å². The van der Waals surface area contributed by atoms with Gasteiger partial charge in [-0.3, -0.25) is 4.79 Å². The number of hydrogen-bond donors (Lipinski definition) is 2. The number of nitrogens with one attached hydrogen (secondary N) is 1. The lowest BCUT2D eigenvalue weighted by Gasteiger charge is -2.07. The number of anilines is 2. The number of aromatic nitrogens is 2. The van der Waals surface area contributed by atoms with E-state index in [0.29, 0.717) is 16.0 Å². The molecule has 0 radical (unpaired) electrons. The molecular weight excluding hydrogens is 320 g/mol. The van der Waals surface area contributed by atoms with Crippen LogP contribution in [0.3, 0.4) is 0 Å². The second kappa shape index (κ2) is 5.32. The molecule has 2 aromatic heterocycles. The number of pyridine rings is 2. The van der Waals surface area contributed by atoms with Gasteiger partial charge in [0.05, 0.1) is 23.1 Å². The van der Waals surface area contributed by atoms with E-state index in [9.17, 15) is 4.79 Å². The number of nitrogen functional groups attached to an aromatic ring is 1. The third-order valence-corrected chi connectivity index (χ3v) is 3.05. The molecule has 0 bridgehead atoms. The van der Waals surface area contributed by atoms with Crippen LogP contribution in [0.1, 0.15) is 10.4 Å². The van der Waals surface area contributed by atoms with Gasteiger partial charge in [-0.1, -0.05) is 11.6 Å². The summed E-state index contributed by atoms with van der Waals surface area (Å²) in [5, 5.41) is 2.77. The van der Waals surface area contributed by atoms with Gasteiger partial charge in [-0.15, -0.1) is 0 Å². The van der Waals surface area contributed by atoms with Crippen LogP contribution >= 0.6 is 27.5 Å². The van der Waals surface area contributed by atoms with E-state index in [-0.39, 0.29) is 10.7 Å². The van der Waals surface area contributed by atoms with Gasteiger partial charge in [0.2, 0.25) is 0 Å². The minimum absolute atomic E-state index is 0.0988. The molecule has 5 nitrogen and oxygen atoms in total. The molecule has 2 rings (SSSR count). The van der Waals surface area contributed by atoms with Gasteiger partial charge in [0.25, 0.3) is 5.91 Å². The first-order valence-corrected chi connectivity index (χ1v) is 6.08. The van der Waals surface area contributed by atoms with Gasteiger partial charge < -0.3 is 11.1 Å². The monoisotopic (exact) mass is 326 g/mol. The second-order valence-corrected chi connectivity index (χ2v) is 4.51. The van der Waals surface area contributed by atoms with Gasteiger partial charge >= 0.3 is 0 Å². The first-order valence-electron chi connectivity index (χ1n) is 4.91. The molecule has 0 atom stereocenters. The summed E-state index contributed by atoms with van der Waals surface area (Å²) in [6, 6.07) is 4.89. The summed E-state index contributed by atoms with van der Waals surface area (Å²) in [7, 11) is 0. The normalized spacial score (nSPS) is 10.1. The molecule has 7 heteroatoms. The Hall–Kier alpha value is -1.66. The van der Waals surface area contributed by atoms with E-state index >= 15 is 0 Å². The molecule has 3 N–H and O–H groups in total. The number of amides is 1. The van der Waals surface area contributed by atoms with Gasteiger partial charge in [-0.2, -0.15) is 0 Å². The largest absolute Gasteiger partial charge is 0.397 e. The number of rotatable bonds is 2. The van der Waals surface area contributed by atoms with Crippen molar-refractivity contribution in [3.8, 4) is 0 Å². The van der Waals surface area contributed by atoms with Crippen LogP contribution in [-0.4, -0.2) is 15.9 Å². The molecule has 2 heterocycles. The molecule has 0 saturated heterocycles. The molecular formula is C11H8BrClN4O. The van der Waals surface area contributed by atoms with Crippen LogP contribution in [0.2, 0.25) is 5.15 Å². The smallest absolute Gasteiger partial charge is 0.258 e. The predicted molar refractivity (Wildman–Crippen MR) is 73.5 cm³/mol. The Balaban J connectivity index is 2.28. The van der Waals surface area contributed by atoms with Crippen molar-refractivity contribution in [3.05, 3.63) is 45.9 Å². The maximum atomic E-state index is 12.0. The van der Waals surface area contributed by atoms with Gasteiger partial charge in [-0.25, -0.2) is 9.97 Å². The SMILES string of the molecule is Nc1cnc(Cl)c(C(=O)Nc2cccnc2Br)c1. The zero-order valence-electron chi connectivity index (χ0n) is 9.02. The van der Waals surface area contributed by atoms with E-state index < -0.39 is 5.91 Å². The predicted octanol–water partition coefficient (Wildman–Crippen LogP) is 2.73. The second-order valence-electron chi connectivity index (χ2n) is 3.40. The molecule has 0 spiro atoms. The van der Waals surface area contributed by atoms with Crippen LogP contribution in [0.4, 0.5) is 11.4 Å². The number of carbonyl (C=O) groups excluding carboxylic acids is 1. The molecule has 0 unspecified atom stereocenters. The van der Waals surface area contributed by atoms with Crippen molar-refractivity contribution in [2.24, 2.45) is 0 Å². The Bertz CT molecular complexity index is 605. The quantitative estimate of drug-likeness (QED) is 0.831. The van der Waals surface area contributed by atoms with Crippen molar-refractivity contribution < 1.29 is 4.79 Å². The van der Waals surface area contributed by atoms with Crippen molar-refractivity contribution in [2.75, 3.05) is 11.1 Å². The average molecular weight is 328 g/mol. The number of halogens is 2. The van der Waals surface area contributed by atoms with Crippen molar-refractivity contribution >= 4 is 44.8 Å². The summed E-state index contributed by atoms with van der Waals surface area (Å²) in [6.07, 6.45) is 2.99. The summed E-state index contributed by atoms with van der Waals surface area (Å²) in [5.74, 6) is -0.395. The van der Waals surface area contributed by atoms with Crippen LogP contribution in [-0.2, 0) is 0 Å². The molecule has 2 aromatic rings. The molecule has 0 aromatic carbocycles. The standard InChI is InChI=1S/C11H8BrClN4O/c12-9-8(2-1-3-15-9)17-11(18)7-4-6(14)5-16-10(7)13/h1-5H,14H2,(H,17,18). The van der Waals surface area contributed by atoms with Gasteiger partial charge in [0.1, 0.15) is 9.76 Å². The number of carbonyl (C=O) groups is 1. The Kier molecular flexibility index (Phi) is 3.78. The minimum atomic E-state index is -0.395. The fourth-order valence-corrected chi connectivity index (χ4v) is 1.83. The summed E-state index contributed by atoms with van der Waals surface area (Å²) in [4.78, 5) is 19.8. The van der Waals surface area contributed by atoms with Crippen LogP contribution in [0, 0.1) is 0 Å². The van der Waals surface area contributed by atoms with Crippen molar-refractivity contribution in [1.82, 2.24) is 9.97 Å². The molecule has 0 aliphatic heterocycles. The zero-order chi connectivity index (χ0) is 13.1. The maximum absolute atomic E-state index is 12.0. The summed E-state index contributed by atoms with van der Waals surface area (Å²) < 4.78 is 0.534. The van der Waals surface area contributed by atoms with E-state index in [1.54, 1.807) is 18.3 Å². The topological polar surface area (TPSA) is 80.9 Å². The first-order chi connectivity index (χ1) is 8.58. The van der Waals surface area contributed by atoms with Crippen LogP contribution in [0.25, 0.3) is 0 Å². The lowest BCUT2D eigenvalue weighted by Crippen LogP contribution is -2.14. The highest BCUT2D eigenvalue weighted by Gasteiger charge is 2.13.